The number of halogens is 1. The van der Waals surface area contributed by atoms with Crippen molar-refractivity contribution < 1.29 is 4.79 Å². The highest BCUT2D eigenvalue weighted by Gasteiger charge is 2.19. The first kappa shape index (κ1) is 15.3. The van der Waals surface area contributed by atoms with Gasteiger partial charge in [0.1, 0.15) is 0 Å². The molecule has 0 spiro atoms. The number of hydrogen-bond acceptors (Lipinski definition) is 2. The lowest BCUT2D eigenvalue weighted by atomic mass is 10.1. The molecule has 0 aliphatic rings. The van der Waals surface area contributed by atoms with Gasteiger partial charge in [-0.25, -0.2) is 0 Å². The molecule has 0 aliphatic heterocycles. The number of aryl methyl sites for hydroxylation is 1. The van der Waals surface area contributed by atoms with Crippen LogP contribution in [0.1, 0.15) is 39.8 Å². The Hall–Kier alpha value is -2.05. The second-order valence-electron chi connectivity index (χ2n) is 5.16. The van der Waals surface area contributed by atoms with Crippen molar-refractivity contribution in [2.24, 2.45) is 0 Å². The van der Waals surface area contributed by atoms with Crippen molar-refractivity contribution in [2.75, 3.05) is 0 Å². The summed E-state index contributed by atoms with van der Waals surface area (Å²) in [5, 5.41) is 8.30. The van der Waals surface area contributed by atoms with Crippen molar-refractivity contribution in [3.05, 3.63) is 58.4 Å². The molecular formula is C17H17ClN2O. The van der Waals surface area contributed by atoms with Gasteiger partial charge in [-0.05, 0) is 44.5 Å². The molecule has 0 amide bonds. The molecule has 1 aromatic carbocycles. The predicted molar refractivity (Wildman–Crippen MR) is 83.8 cm³/mol. The van der Waals surface area contributed by atoms with E-state index in [0.29, 0.717) is 17.7 Å². The molecule has 0 aliphatic carbocycles. The zero-order chi connectivity index (χ0) is 15.6. The van der Waals surface area contributed by atoms with Crippen molar-refractivity contribution in [2.45, 2.75) is 32.7 Å². The Bertz CT molecular complexity index is 706. The van der Waals surface area contributed by atoms with Gasteiger partial charge in [0.25, 0.3) is 0 Å². The van der Waals surface area contributed by atoms with Gasteiger partial charge in [-0.3, -0.25) is 4.79 Å². The second-order valence-corrected chi connectivity index (χ2v) is 5.81. The summed E-state index contributed by atoms with van der Waals surface area (Å²) >= 11 is 5.90. The zero-order valence-corrected chi connectivity index (χ0v) is 13.1. The largest absolute Gasteiger partial charge is 0.344 e. The average molecular weight is 301 g/mol. The number of Topliss-reactive ketones (excluding diaryl/α,β-unsaturated/α-hetero) is 1. The summed E-state index contributed by atoms with van der Waals surface area (Å²) in [6.07, 6.45) is 0. The molecule has 1 unspecified atom stereocenters. The van der Waals surface area contributed by atoms with Crippen LogP contribution in [0.2, 0.25) is 0 Å². The predicted octanol–water partition coefficient (Wildman–Crippen LogP) is 3.83. The van der Waals surface area contributed by atoms with E-state index in [2.05, 4.69) is 10.6 Å². The number of nitrogens with zero attached hydrogens (tertiary/aromatic N) is 2. The van der Waals surface area contributed by atoms with E-state index in [1.807, 2.05) is 32.0 Å². The molecule has 2 rings (SSSR count). The number of hydrogen-bond donors (Lipinski definition) is 0. The maximum Gasteiger partial charge on any atom is 0.182 e. The summed E-state index contributed by atoms with van der Waals surface area (Å²) in [4.78, 5) is 12.1. The topological polar surface area (TPSA) is 45.8 Å². The van der Waals surface area contributed by atoms with Crippen molar-refractivity contribution in [3.63, 3.8) is 0 Å². The van der Waals surface area contributed by atoms with Crippen molar-refractivity contribution in [1.82, 2.24) is 4.57 Å². The van der Waals surface area contributed by atoms with Crippen LogP contribution in [0, 0.1) is 25.2 Å². The molecule has 4 heteroatoms. The van der Waals surface area contributed by atoms with Gasteiger partial charge in [0.15, 0.2) is 5.78 Å². The van der Waals surface area contributed by atoms with Crippen LogP contribution in [-0.2, 0) is 6.54 Å². The summed E-state index contributed by atoms with van der Waals surface area (Å²) in [6.45, 7) is 6.28. The van der Waals surface area contributed by atoms with Gasteiger partial charge < -0.3 is 4.57 Å². The van der Waals surface area contributed by atoms with E-state index in [4.69, 9.17) is 16.9 Å². The Balaban J connectivity index is 2.32. The Morgan fingerprint density at radius 2 is 1.95 bits per heavy atom. The third-order valence-corrected chi connectivity index (χ3v) is 3.82. The molecule has 2 aromatic rings. The van der Waals surface area contributed by atoms with E-state index in [9.17, 15) is 4.79 Å². The minimum atomic E-state index is -0.520. The molecule has 0 bridgehead atoms. The van der Waals surface area contributed by atoms with Gasteiger partial charge in [-0.15, -0.1) is 11.6 Å². The highest BCUT2D eigenvalue weighted by Crippen LogP contribution is 2.20. The monoisotopic (exact) mass is 300 g/mol. The highest BCUT2D eigenvalue weighted by atomic mass is 35.5. The fourth-order valence-corrected chi connectivity index (χ4v) is 2.49. The van der Waals surface area contributed by atoms with Crippen LogP contribution < -0.4 is 0 Å². The lowest BCUT2D eigenvalue weighted by molar-refractivity contribution is 0.0991. The van der Waals surface area contributed by atoms with Crippen LogP contribution in [0.15, 0.2) is 30.3 Å². The maximum absolute atomic E-state index is 12.1. The summed E-state index contributed by atoms with van der Waals surface area (Å²) in [6, 6.07) is 11.5. The van der Waals surface area contributed by atoms with E-state index >= 15 is 0 Å². The quantitative estimate of drug-likeness (QED) is 0.636. The summed E-state index contributed by atoms with van der Waals surface area (Å²) < 4.78 is 2.09. The van der Waals surface area contributed by atoms with Crippen LogP contribution in [0.3, 0.4) is 0 Å². The third kappa shape index (κ3) is 3.17. The fraction of sp³-hybridized carbons (Fsp3) is 0.294. The number of nitriles is 1. The van der Waals surface area contributed by atoms with Gasteiger partial charge >= 0.3 is 0 Å². The minimum absolute atomic E-state index is 0.0455. The first-order chi connectivity index (χ1) is 9.93. The van der Waals surface area contributed by atoms with Gasteiger partial charge in [-0.2, -0.15) is 5.26 Å². The van der Waals surface area contributed by atoms with E-state index in [1.165, 1.54) is 0 Å². The minimum Gasteiger partial charge on any atom is -0.344 e. The lowest BCUT2D eigenvalue weighted by Crippen LogP contribution is -2.12. The van der Waals surface area contributed by atoms with Crippen molar-refractivity contribution in [3.8, 4) is 6.07 Å². The fourth-order valence-electron chi connectivity index (χ4n) is 2.38. The number of carbonyl (C=O) groups excluding carboxylic acids is 1. The van der Waals surface area contributed by atoms with Crippen molar-refractivity contribution >= 4 is 17.4 Å². The normalized spacial score (nSPS) is 12.0. The van der Waals surface area contributed by atoms with E-state index in [-0.39, 0.29) is 5.78 Å². The average Bonchev–Trinajstić information content (AvgIpc) is 2.75. The van der Waals surface area contributed by atoms with Crippen LogP contribution in [-0.4, -0.2) is 15.7 Å². The number of carbonyl (C=O) groups is 1. The van der Waals surface area contributed by atoms with Crippen LogP contribution in [0.5, 0.6) is 0 Å². The smallest absolute Gasteiger partial charge is 0.182 e. The first-order valence-corrected chi connectivity index (χ1v) is 7.21. The maximum atomic E-state index is 12.1. The summed E-state index contributed by atoms with van der Waals surface area (Å²) in [5.41, 5.74) is 4.37. The zero-order valence-electron chi connectivity index (χ0n) is 12.4. The molecule has 108 valence electrons. The van der Waals surface area contributed by atoms with E-state index in [0.717, 1.165) is 17.0 Å². The first-order valence-electron chi connectivity index (χ1n) is 6.78. The van der Waals surface area contributed by atoms with Crippen LogP contribution >= 0.6 is 11.6 Å². The Morgan fingerprint density at radius 1 is 1.33 bits per heavy atom. The number of aromatic nitrogens is 1. The number of benzene rings is 1. The number of alkyl halides is 1. The Morgan fingerprint density at radius 3 is 2.48 bits per heavy atom. The molecule has 3 nitrogen and oxygen atoms in total. The van der Waals surface area contributed by atoms with E-state index in [1.54, 1.807) is 19.1 Å². The Labute approximate surface area is 129 Å². The molecule has 1 heterocycles. The molecule has 0 N–H and O–H groups in total. The molecule has 0 radical (unpaired) electrons. The summed E-state index contributed by atoms with van der Waals surface area (Å²) in [5.74, 6) is -0.0455. The van der Waals surface area contributed by atoms with Gasteiger partial charge in [0.2, 0.25) is 0 Å². The molecular weight excluding hydrogens is 284 g/mol. The summed E-state index contributed by atoms with van der Waals surface area (Å²) in [7, 11) is 0. The highest BCUT2D eigenvalue weighted by molar-refractivity contribution is 6.33. The lowest BCUT2D eigenvalue weighted by Gasteiger charge is -2.10. The molecule has 0 fully saturated rings. The number of rotatable bonds is 4. The molecule has 1 aromatic heterocycles. The van der Waals surface area contributed by atoms with E-state index < -0.39 is 5.38 Å². The molecule has 0 saturated heterocycles. The second kappa shape index (κ2) is 6.15. The number of ketones is 1. The van der Waals surface area contributed by atoms with Gasteiger partial charge in [0, 0.05) is 23.5 Å². The molecule has 21 heavy (non-hydrogen) atoms. The molecule has 0 saturated carbocycles. The van der Waals surface area contributed by atoms with Crippen molar-refractivity contribution in [1.29, 1.82) is 5.26 Å². The molecule has 1 atom stereocenters. The van der Waals surface area contributed by atoms with Crippen LogP contribution in [0.4, 0.5) is 0 Å². The standard InChI is InChI=1S/C17H17ClN2O/c1-11-8-16(17(21)12(2)18)13(3)20(11)10-15-6-4-14(9-19)5-7-15/h4-8,12H,10H2,1-3H3. The van der Waals surface area contributed by atoms with Gasteiger partial charge in [0.05, 0.1) is 17.0 Å². The third-order valence-electron chi connectivity index (χ3n) is 3.62. The SMILES string of the molecule is Cc1cc(C(=O)C(C)Cl)c(C)n1Cc1ccc(C#N)cc1. The van der Waals surface area contributed by atoms with Gasteiger partial charge in [-0.1, -0.05) is 12.1 Å². The Kier molecular flexibility index (Phi) is 4.50. The van der Waals surface area contributed by atoms with Crippen LogP contribution in [0.25, 0.3) is 0 Å².